The zero-order valence-corrected chi connectivity index (χ0v) is 17.7. The summed E-state index contributed by atoms with van der Waals surface area (Å²) in [5.74, 6) is -2.54. The summed E-state index contributed by atoms with van der Waals surface area (Å²) in [5.41, 5.74) is 1.08. The molecule has 32 heavy (non-hydrogen) atoms. The molecular formula is C22H14Cl2FN3O4. The highest BCUT2D eigenvalue weighted by molar-refractivity contribution is 6.45. The van der Waals surface area contributed by atoms with Gasteiger partial charge in [0.25, 0.3) is 5.78 Å². The van der Waals surface area contributed by atoms with E-state index in [9.17, 15) is 24.3 Å². The minimum Gasteiger partial charge on any atom is -0.506 e. The third-order valence-corrected chi connectivity index (χ3v) is 5.29. The molecule has 10 heteroatoms. The van der Waals surface area contributed by atoms with Crippen LogP contribution >= 0.6 is 23.2 Å². The van der Waals surface area contributed by atoms with E-state index in [2.05, 4.69) is 4.99 Å². The number of nitrogens with zero attached hydrogens (tertiary/aromatic N) is 3. The van der Waals surface area contributed by atoms with Gasteiger partial charge in [-0.3, -0.25) is 9.59 Å². The number of aromatic hydroxyl groups is 1. The van der Waals surface area contributed by atoms with Crippen LogP contribution in [0.25, 0.3) is 10.9 Å². The molecule has 2 aromatic carbocycles. The Kier molecular flexibility index (Phi) is 5.73. The SMILES string of the molecule is O=C(N=c1c(Cl)cn(O)cc1Cl)C(=O)c1cn(Cc2ccc(F)cc2)c2c(O)cccc12. The Hall–Kier alpha value is -3.62. The molecule has 0 radical (unpaired) electrons. The Morgan fingerprint density at radius 1 is 1.00 bits per heavy atom. The Balaban J connectivity index is 1.78. The fourth-order valence-electron chi connectivity index (χ4n) is 3.31. The topological polar surface area (TPSA) is 96.8 Å². The van der Waals surface area contributed by atoms with E-state index in [-0.39, 0.29) is 39.1 Å². The molecule has 0 aliphatic carbocycles. The number of rotatable bonds is 4. The average Bonchev–Trinajstić information content (AvgIpc) is 3.11. The van der Waals surface area contributed by atoms with E-state index in [0.717, 1.165) is 18.0 Å². The lowest BCUT2D eigenvalue weighted by molar-refractivity contribution is -0.114. The second-order valence-corrected chi connectivity index (χ2v) is 7.71. The molecule has 4 rings (SSSR count). The predicted molar refractivity (Wildman–Crippen MR) is 116 cm³/mol. The van der Waals surface area contributed by atoms with Crippen molar-refractivity contribution in [2.24, 2.45) is 4.99 Å². The number of benzene rings is 2. The summed E-state index contributed by atoms with van der Waals surface area (Å²) in [4.78, 5) is 29.3. The molecule has 0 spiro atoms. The summed E-state index contributed by atoms with van der Waals surface area (Å²) in [5, 5.41) is 19.7. The molecule has 0 aliphatic heterocycles. The van der Waals surface area contributed by atoms with Crippen molar-refractivity contribution in [3.8, 4) is 5.75 Å². The fraction of sp³-hybridized carbons (Fsp3) is 0.0455. The molecule has 162 valence electrons. The van der Waals surface area contributed by atoms with Crippen LogP contribution in [0.4, 0.5) is 4.39 Å². The number of ketones is 1. The molecule has 2 N–H and O–H groups in total. The van der Waals surface area contributed by atoms with Crippen molar-refractivity contribution in [2.45, 2.75) is 6.54 Å². The van der Waals surface area contributed by atoms with E-state index >= 15 is 0 Å². The predicted octanol–water partition coefficient (Wildman–Crippen LogP) is 4.19. The van der Waals surface area contributed by atoms with Gasteiger partial charge in [-0.25, -0.2) is 9.38 Å². The van der Waals surface area contributed by atoms with E-state index in [4.69, 9.17) is 23.2 Å². The number of phenolic OH excluding ortho intramolecular Hbond substituents is 1. The van der Waals surface area contributed by atoms with E-state index in [1.54, 1.807) is 28.8 Å². The number of aromatic nitrogens is 2. The van der Waals surface area contributed by atoms with E-state index in [1.165, 1.54) is 24.4 Å². The molecule has 2 aromatic heterocycles. The van der Waals surface area contributed by atoms with Gasteiger partial charge < -0.3 is 14.9 Å². The molecule has 7 nitrogen and oxygen atoms in total. The zero-order chi connectivity index (χ0) is 23.0. The highest BCUT2D eigenvalue weighted by Gasteiger charge is 2.23. The number of Topliss-reactive ketones (excluding diaryl/α,β-unsaturated/α-hetero) is 1. The number of fused-ring (bicyclic) bond motifs is 1. The van der Waals surface area contributed by atoms with Gasteiger partial charge >= 0.3 is 5.91 Å². The molecule has 0 aliphatic rings. The van der Waals surface area contributed by atoms with Gasteiger partial charge in [0.15, 0.2) is 0 Å². The van der Waals surface area contributed by atoms with Crippen LogP contribution in [0.3, 0.4) is 0 Å². The smallest absolute Gasteiger partial charge is 0.318 e. The van der Waals surface area contributed by atoms with Crippen molar-refractivity contribution < 1.29 is 24.3 Å². The maximum atomic E-state index is 13.2. The highest BCUT2D eigenvalue weighted by atomic mass is 35.5. The molecule has 2 heterocycles. The first-order chi connectivity index (χ1) is 15.2. The lowest BCUT2D eigenvalue weighted by atomic mass is 10.1. The third kappa shape index (κ3) is 4.10. The molecular weight excluding hydrogens is 460 g/mol. The van der Waals surface area contributed by atoms with Crippen molar-refractivity contribution in [3.63, 3.8) is 0 Å². The minimum atomic E-state index is -1.13. The summed E-state index contributed by atoms with van der Waals surface area (Å²) in [6.45, 7) is 0.222. The molecule has 0 saturated heterocycles. The monoisotopic (exact) mass is 473 g/mol. The molecule has 0 atom stereocenters. The van der Waals surface area contributed by atoms with E-state index in [1.807, 2.05) is 0 Å². The number of halogens is 3. The lowest BCUT2D eigenvalue weighted by Gasteiger charge is -2.06. The quantitative estimate of drug-likeness (QED) is 0.263. The molecule has 1 amide bonds. The van der Waals surface area contributed by atoms with Gasteiger partial charge in [0.05, 0.1) is 33.5 Å². The van der Waals surface area contributed by atoms with E-state index < -0.39 is 11.7 Å². The van der Waals surface area contributed by atoms with Crippen molar-refractivity contribution in [1.82, 2.24) is 9.30 Å². The second kappa shape index (κ2) is 8.49. The van der Waals surface area contributed by atoms with Crippen LogP contribution in [0.1, 0.15) is 15.9 Å². The Morgan fingerprint density at radius 2 is 1.66 bits per heavy atom. The van der Waals surface area contributed by atoms with Crippen molar-refractivity contribution in [1.29, 1.82) is 0 Å². The number of pyridine rings is 1. The van der Waals surface area contributed by atoms with Crippen molar-refractivity contribution in [3.05, 3.63) is 93.4 Å². The van der Waals surface area contributed by atoms with E-state index in [0.29, 0.717) is 15.6 Å². The molecule has 0 unspecified atom stereocenters. The summed E-state index contributed by atoms with van der Waals surface area (Å²) in [6.07, 6.45) is 3.56. The normalized spacial score (nSPS) is 11.0. The Labute approximate surface area is 190 Å². The van der Waals surface area contributed by atoms with Crippen LogP contribution in [0.5, 0.6) is 5.75 Å². The number of hydrogen-bond acceptors (Lipinski definition) is 4. The summed E-state index contributed by atoms with van der Waals surface area (Å²) in [7, 11) is 0. The lowest BCUT2D eigenvalue weighted by Crippen LogP contribution is -2.18. The number of amides is 1. The van der Waals surface area contributed by atoms with Crippen molar-refractivity contribution >= 4 is 45.8 Å². The fourth-order valence-corrected chi connectivity index (χ4v) is 3.85. The van der Waals surface area contributed by atoms with Crippen molar-refractivity contribution in [2.75, 3.05) is 0 Å². The number of para-hydroxylation sites is 1. The van der Waals surface area contributed by atoms with Gasteiger partial charge in [0, 0.05) is 18.1 Å². The zero-order valence-electron chi connectivity index (χ0n) is 16.2. The number of carbonyl (C=O) groups excluding carboxylic acids is 2. The molecule has 0 saturated carbocycles. The van der Waals surface area contributed by atoms with Gasteiger partial charge in [-0.05, 0) is 23.8 Å². The highest BCUT2D eigenvalue weighted by Crippen LogP contribution is 2.30. The number of phenols is 1. The largest absolute Gasteiger partial charge is 0.506 e. The van der Waals surface area contributed by atoms with Crippen LogP contribution in [0.15, 0.2) is 66.0 Å². The first-order valence-corrected chi connectivity index (χ1v) is 9.95. The van der Waals surface area contributed by atoms with Gasteiger partial charge in [-0.2, -0.15) is 4.73 Å². The van der Waals surface area contributed by atoms with Gasteiger partial charge in [-0.1, -0.05) is 47.5 Å². The first kappa shape index (κ1) is 21.6. The standard InChI is InChI=1S/C22H14Cl2FN3O4/c23-16-10-28(32)11-17(24)19(16)26-22(31)21(30)15-9-27(8-12-4-6-13(25)7-5-12)20-14(15)2-1-3-18(20)29/h1-7,9-11,29,32H,8H2. The maximum absolute atomic E-state index is 13.2. The Morgan fingerprint density at radius 3 is 2.31 bits per heavy atom. The Bertz CT molecular complexity index is 1420. The summed E-state index contributed by atoms with van der Waals surface area (Å²) >= 11 is 11.9. The number of carbonyl (C=O) groups is 2. The second-order valence-electron chi connectivity index (χ2n) is 6.90. The average molecular weight is 474 g/mol. The van der Waals surface area contributed by atoms with Crippen LogP contribution in [-0.2, 0) is 11.3 Å². The summed E-state index contributed by atoms with van der Waals surface area (Å²) in [6, 6.07) is 10.4. The molecule has 4 aromatic rings. The third-order valence-electron chi connectivity index (χ3n) is 4.74. The molecule has 0 bridgehead atoms. The van der Waals surface area contributed by atoms with Gasteiger partial charge in [0.2, 0.25) is 0 Å². The van der Waals surface area contributed by atoms with Crippen LogP contribution in [-0.4, -0.2) is 31.3 Å². The first-order valence-electron chi connectivity index (χ1n) is 9.20. The molecule has 0 fully saturated rings. The van der Waals surface area contributed by atoms with Gasteiger partial charge in [0.1, 0.15) is 16.9 Å². The minimum absolute atomic E-state index is 0.0205. The summed E-state index contributed by atoms with van der Waals surface area (Å²) < 4.78 is 15.4. The van der Waals surface area contributed by atoms with Crippen LogP contribution in [0.2, 0.25) is 10.0 Å². The van der Waals surface area contributed by atoms with Gasteiger partial charge in [-0.15, -0.1) is 0 Å². The van der Waals surface area contributed by atoms with Crippen LogP contribution < -0.4 is 5.36 Å². The number of hydrogen-bond donors (Lipinski definition) is 2. The van der Waals surface area contributed by atoms with Crippen LogP contribution in [0, 0.1) is 5.82 Å². The maximum Gasteiger partial charge on any atom is 0.318 e.